The van der Waals surface area contributed by atoms with Crippen LogP contribution in [-0.4, -0.2) is 42.9 Å². The average Bonchev–Trinajstić information content (AvgIpc) is 2.56. The van der Waals surface area contributed by atoms with E-state index in [0.29, 0.717) is 0 Å². The van der Waals surface area contributed by atoms with Crippen molar-refractivity contribution >= 4 is 40.5 Å². The molecule has 1 rings (SSSR count). The van der Waals surface area contributed by atoms with Gasteiger partial charge in [0.1, 0.15) is 24.7 Å². The lowest BCUT2D eigenvalue weighted by Gasteiger charge is -2.51. The van der Waals surface area contributed by atoms with E-state index in [0.717, 1.165) is 12.8 Å². The van der Waals surface area contributed by atoms with Gasteiger partial charge in [-0.3, -0.25) is 4.57 Å². The molecule has 170 valence electrons. The van der Waals surface area contributed by atoms with E-state index >= 15 is 0 Å². The molecule has 0 aromatic rings. The number of rotatable bonds is 10. The van der Waals surface area contributed by atoms with Crippen molar-refractivity contribution in [2.24, 2.45) is 0 Å². The molecule has 0 saturated heterocycles. The minimum Gasteiger partial charge on any atom is -0.309 e. The third-order valence-electron chi connectivity index (χ3n) is 4.55. The van der Waals surface area contributed by atoms with Crippen LogP contribution in [0.5, 0.6) is 0 Å². The molecule has 0 aliphatic heterocycles. The summed E-state index contributed by atoms with van der Waals surface area (Å²) in [5.74, 6) is 1.84. The van der Waals surface area contributed by atoms with Gasteiger partial charge in [0.2, 0.25) is 0 Å². The summed E-state index contributed by atoms with van der Waals surface area (Å²) in [7, 11) is -6.08. The summed E-state index contributed by atoms with van der Waals surface area (Å²) in [6.07, 6.45) is 6.90. The number of nitrogens with one attached hydrogen (secondary N) is 1. The van der Waals surface area contributed by atoms with Crippen LogP contribution >= 0.6 is 15.8 Å². The first-order valence-electron chi connectivity index (χ1n) is 10.6. The highest BCUT2D eigenvalue weighted by Gasteiger charge is 2.43. The highest BCUT2D eigenvalue weighted by atomic mass is 31.2. The maximum atomic E-state index is 13.2. The van der Waals surface area contributed by atoms with Gasteiger partial charge >= 0.3 is 7.60 Å². The monoisotopic (exact) mass is 494 g/mol. The van der Waals surface area contributed by atoms with Crippen molar-refractivity contribution in [1.82, 2.24) is 8.75 Å². The van der Waals surface area contributed by atoms with Crippen molar-refractivity contribution in [3.63, 3.8) is 0 Å². The number of nitrogens with zero attached hydrogens (tertiary/aromatic N) is 1. The normalized spacial score (nSPS) is 18.8. The number of hydrogen-bond acceptors (Lipinski definition) is 5. The predicted molar refractivity (Wildman–Crippen MR) is 138 cm³/mol. The van der Waals surface area contributed by atoms with Crippen LogP contribution in [0.1, 0.15) is 25.7 Å². The van der Waals surface area contributed by atoms with Gasteiger partial charge < -0.3 is 17.8 Å². The Balaban J connectivity index is 3.77. The summed E-state index contributed by atoms with van der Waals surface area (Å²) in [4.78, 5) is 0. The molecule has 1 N–H and O–H groups in total. The molecule has 0 aromatic heterocycles. The Hall–Kier alpha value is 0.631. The Kier molecular flexibility index (Phi) is 10.0. The molecule has 0 bridgehead atoms. The Labute approximate surface area is 184 Å². The van der Waals surface area contributed by atoms with Gasteiger partial charge in [-0.15, -0.1) is 0 Å². The zero-order chi connectivity index (χ0) is 22.7. The molecule has 0 fully saturated rings. The minimum atomic E-state index is -3.27. The van der Waals surface area contributed by atoms with Crippen molar-refractivity contribution in [2.45, 2.75) is 84.6 Å². The van der Waals surface area contributed by atoms with E-state index in [1.165, 1.54) is 37.9 Å². The van der Waals surface area contributed by atoms with Crippen LogP contribution in [-0.2, 0) is 13.6 Å². The molecule has 1 aliphatic rings. The van der Waals surface area contributed by atoms with E-state index in [-0.39, 0.29) is 0 Å². The third kappa shape index (κ3) is 8.59. The first-order valence-corrected chi connectivity index (χ1v) is 23.9. The van der Waals surface area contributed by atoms with Crippen molar-refractivity contribution in [3.8, 4) is 0 Å². The van der Waals surface area contributed by atoms with Crippen LogP contribution in [0.15, 0.2) is 22.8 Å². The topological polar surface area (TPSA) is 50.8 Å². The molecule has 29 heavy (non-hydrogen) atoms. The van der Waals surface area contributed by atoms with Gasteiger partial charge in [-0.2, -0.15) is 0 Å². The van der Waals surface area contributed by atoms with Crippen molar-refractivity contribution in [2.75, 3.05) is 14.2 Å². The quantitative estimate of drug-likeness (QED) is 0.251. The van der Waals surface area contributed by atoms with Gasteiger partial charge in [0.25, 0.3) is 0 Å². The van der Waals surface area contributed by atoms with Crippen LogP contribution in [0, 0.1) is 0 Å². The lowest BCUT2D eigenvalue weighted by molar-refractivity contribution is 0.286. The third-order valence-corrected chi connectivity index (χ3v) is 22.5. The Morgan fingerprint density at radius 1 is 1.03 bits per heavy atom. The van der Waals surface area contributed by atoms with E-state index in [2.05, 4.69) is 73.8 Å². The van der Waals surface area contributed by atoms with Gasteiger partial charge in [-0.25, -0.2) is 0 Å². The molecular formula is C19H44N2O3P2Si3. The van der Waals surface area contributed by atoms with Crippen molar-refractivity contribution < 1.29 is 13.6 Å². The first kappa shape index (κ1) is 27.7. The molecule has 10 heteroatoms. The molecule has 0 spiro atoms. The fourth-order valence-corrected chi connectivity index (χ4v) is 24.0. The highest BCUT2D eigenvalue weighted by molar-refractivity contribution is 7.66. The van der Waals surface area contributed by atoms with E-state index in [9.17, 15) is 4.57 Å². The second kappa shape index (κ2) is 10.5. The molecule has 1 aliphatic carbocycles. The molecule has 0 heterocycles. The summed E-state index contributed by atoms with van der Waals surface area (Å²) in [5.41, 5.74) is 1.34. The van der Waals surface area contributed by atoms with E-state index in [1.54, 1.807) is 0 Å². The highest BCUT2D eigenvalue weighted by Crippen LogP contribution is 2.60. The molecule has 1 unspecified atom stereocenters. The lowest BCUT2D eigenvalue weighted by Crippen LogP contribution is -2.59. The molecule has 5 nitrogen and oxygen atoms in total. The maximum absolute atomic E-state index is 13.2. The van der Waals surface area contributed by atoms with Gasteiger partial charge in [-0.05, 0) is 31.3 Å². The van der Waals surface area contributed by atoms with Crippen LogP contribution in [0.25, 0.3) is 0 Å². The smallest absolute Gasteiger partial charge is 0.309 e. The predicted octanol–water partition coefficient (Wildman–Crippen LogP) is 7.52. The second-order valence-electron chi connectivity index (χ2n) is 10.7. The SMILES string of the molecule is COP(=O)(/C=C(\C1=CCCCC1)P(N[Si](C)(C)C)N([Si](C)(C)C)[Si](C)(C)C)OC. The van der Waals surface area contributed by atoms with Gasteiger partial charge in [0, 0.05) is 33.6 Å². The zero-order valence-corrected chi connectivity index (χ0v) is 25.3. The Bertz CT molecular complexity index is 643. The summed E-state index contributed by atoms with van der Waals surface area (Å²) in [6, 6.07) is 0. The lowest BCUT2D eigenvalue weighted by atomic mass is 10.00. The second-order valence-corrected chi connectivity index (χ2v) is 30.5. The summed E-state index contributed by atoms with van der Waals surface area (Å²) in [5, 5.41) is 1.18. The summed E-state index contributed by atoms with van der Waals surface area (Å²) < 4.78 is 30.9. The van der Waals surface area contributed by atoms with Crippen LogP contribution in [0.3, 0.4) is 0 Å². The molecule has 0 radical (unpaired) electrons. The summed E-state index contributed by atoms with van der Waals surface area (Å²) >= 11 is 0. The average molecular weight is 495 g/mol. The maximum Gasteiger partial charge on any atom is 0.354 e. The van der Waals surface area contributed by atoms with E-state index < -0.39 is 40.5 Å². The minimum absolute atomic E-state index is 0.821. The van der Waals surface area contributed by atoms with Crippen LogP contribution < -0.4 is 4.75 Å². The largest absolute Gasteiger partial charge is 0.354 e. The zero-order valence-electron chi connectivity index (χ0n) is 20.5. The Morgan fingerprint density at radius 2 is 1.55 bits per heavy atom. The first-order chi connectivity index (χ1) is 13.0. The van der Waals surface area contributed by atoms with E-state index in [4.69, 9.17) is 9.05 Å². The van der Waals surface area contributed by atoms with Gasteiger partial charge in [0.15, 0.2) is 0 Å². The molecule has 0 aromatic carbocycles. The number of allylic oxidation sites excluding steroid dienone is 3. The van der Waals surface area contributed by atoms with Gasteiger partial charge in [0.05, 0.1) is 0 Å². The molecule has 0 amide bonds. The molecule has 0 saturated carbocycles. The standard InChI is InChI=1S/C19H44N2O3P2Si3/c1-23-26(22,24-2)17-19(18-15-13-12-14-16-18)25(20-27(3,4)5)21(28(6,7)8)29(9,10)11/h15,17,20H,12-14,16H2,1-11H3/b19-17+. The van der Waals surface area contributed by atoms with Crippen molar-refractivity contribution in [3.05, 3.63) is 22.8 Å². The van der Waals surface area contributed by atoms with Gasteiger partial charge in [-0.1, -0.05) is 65.0 Å². The van der Waals surface area contributed by atoms with Crippen LogP contribution in [0.2, 0.25) is 58.9 Å². The van der Waals surface area contributed by atoms with E-state index in [1.807, 2.05) is 5.82 Å². The fourth-order valence-electron chi connectivity index (χ4n) is 3.82. The summed E-state index contributed by atoms with van der Waals surface area (Å²) in [6.45, 7) is 21.7. The number of hydrogen-bond donors (Lipinski definition) is 1. The Morgan fingerprint density at radius 3 is 1.90 bits per heavy atom. The van der Waals surface area contributed by atoms with Crippen molar-refractivity contribution in [1.29, 1.82) is 0 Å². The van der Waals surface area contributed by atoms with Crippen LogP contribution in [0.4, 0.5) is 0 Å². The molecule has 1 atom stereocenters. The molecular weight excluding hydrogens is 450 g/mol. The fraction of sp³-hybridized carbons (Fsp3) is 0.789.